The van der Waals surface area contributed by atoms with Gasteiger partial charge in [-0.15, -0.1) is 0 Å². The average Bonchev–Trinajstić information content (AvgIpc) is 3.24. The lowest BCUT2D eigenvalue weighted by Crippen LogP contribution is -2.39. The van der Waals surface area contributed by atoms with Crippen molar-refractivity contribution < 1.29 is 28.3 Å². The molecule has 3 aromatic heterocycles. The van der Waals surface area contributed by atoms with Crippen LogP contribution < -0.4 is 9.80 Å². The highest BCUT2D eigenvalue weighted by atomic mass is 32.1. The smallest absolute Gasteiger partial charge is 0.304 e. The molecule has 3 fully saturated rings. The molecule has 1 aliphatic heterocycles. The van der Waals surface area contributed by atoms with E-state index < -0.39 is 17.0 Å². The number of halogens is 1. The predicted octanol–water partition coefficient (Wildman–Crippen LogP) is 6.51. The number of pyridine rings is 1. The second-order valence-electron chi connectivity index (χ2n) is 11.8. The molecule has 0 spiro atoms. The summed E-state index contributed by atoms with van der Waals surface area (Å²) in [6.07, 6.45) is 9.04. The Hall–Kier alpha value is -3.60. The number of amides is 2. The minimum absolute atomic E-state index is 0.0481. The topological polar surface area (TPSA) is 117 Å². The third-order valence-corrected chi connectivity index (χ3v) is 9.52. The molecule has 4 heterocycles. The summed E-state index contributed by atoms with van der Waals surface area (Å²) in [5.74, 6) is 0.0945. The number of carboxylic acid groups (broad SMARTS) is 1. The van der Waals surface area contributed by atoms with Gasteiger partial charge in [-0.2, -0.15) is 4.39 Å². The van der Waals surface area contributed by atoms with Crippen LogP contribution in [0.25, 0.3) is 22.4 Å². The summed E-state index contributed by atoms with van der Waals surface area (Å²) >= 11 is 0.813. The Labute approximate surface area is 247 Å². The van der Waals surface area contributed by atoms with Crippen LogP contribution in [-0.2, 0) is 14.4 Å². The van der Waals surface area contributed by atoms with Crippen LogP contribution in [0.5, 0.6) is 0 Å². The molecule has 0 unspecified atom stereocenters. The van der Waals surface area contributed by atoms with Crippen LogP contribution in [-0.4, -0.2) is 45.4 Å². The zero-order chi connectivity index (χ0) is 29.5. The molecule has 2 amide bonds. The van der Waals surface area contributed by atoms with Gasteiger partial charge in [-0.25, -0.2) is 9.97 Å². The Morgan fingerprint density at radius 3 is 2.50 bits per heavy atom. The summed E-state index contributed by atoms with van der Waals surface area (Å²) in [7, 11) is 0. The van der Waals surface area contributed by atoms with E-state index in [1.807, 2.05) is 6.07 Å². The van der Waals surface area contributed by atoms with E-state index in [9.17, 15) is 19.5 Å². The molecule has 222 valence electrons. The molecule has 11 heteroatoms. The number of carbonyl (C=O) groups is 3. The maximum atomic E-state index is 15.8. The average molecular weight is 595 g/mol. The SMILES string of the molecule is Cc1oc(C)c(-c2nc(N(C(=O)[C@@H](CC(=O)O)CC3CCCC3)C3CC3)sc2F)c1-c1ccc(N2CCCC2=O)nc1. The number of carboxylic acids is 1. The number of furan rings is 1. The van der Waals surface area contributed by atoms with E-state index in [1.165, 1.54) is 0 Å². The number of hydrogen-bond acceptors (Lipinski definition) is 7. The van der Waals surface area contributed by atoms with Gasteiger partial charge in [0.15, 0.2) is 5.13 Å². The molecule has 1 atom stereocenters. The fourth-order valence-corrected chi connectivity index (χ4v) is 7.42. The molecule has 9 nitrogen and oxygen atoms in total. The molecule has 6 rings (SSSR count). The molecule has 1 saturated heterocycles. The number of nitrogens with zero attached hydrogens (tertiary/aromatic N) is 4. The summed E-state index contributed by atoms with van der Waals surface area (Å²) < 4.78 is 21.7. The number of aliphatic carboxylic acids is 1. The van der Waals surface area contributed by atoms with Crippen molar-refractivity contribution in [2.75, 3.05) is 16.3 Å². The van der Waals surface area contributed by atoms with Crippen molar-refractivity contribution in [3.63, 3.8) is 0 Å². The molecule has 3 aromatic rings. The van der Waals surface area contributed by atoms with Crippen LogP contribution in [0.2, 0.25) is 0 Å². The van der Waals surface area contributed by atoms with E-state index in [0.717, 1.165) is 56.3 Å². The molecular weight excluding hydrogens is 559 g/mol. The Morgan fingerprint density at radius 2 is 1.88 bits per heavy atom. The lowest BCUT2D eigenvalue weighted by Gasteiger charge is -2.26. The van der Waals surface area contributed by atoms with Crippen molar-refractivity contribution in [1.82, 2.24) is 9.97 Å². The normalized spacial score (nSPS) is 18.2. The van der Waals surface area contributed by atoms with Crippen LogP contribution in [0, 0.1) is 30.8 Å². The molecule has 0 aromatic carbocycles. The van der Waals surface area contributed by atoms with Crippen molar-refractivity contribution in [3.05, 3.63) is 35.0 Å². The maximum absolute atomic E-state index is 15.8. The monoisotopic (exact) mass is 594 g/mol. The molecule has 2 saturated carbocycles. The molecule has 3 aliphatic rings. The Morgan fingerprint density at radius 1 is 1.14 bits per heavy atom. The van der Waals surface area contributed by atoms with Crippen molar-refractivity contribution in [1.29, 1.82) is 0 Å². The minimum atomic E-state index is -1.00. The predicted molar refractivity (Wildman–Crippen MR) is 157 cm³/mol. The van der Waals surface area contributed by atoms with Gasteiger partial charge >= 0.3 is 5.97 Å². The summed E-state index contributed by atoms with van der Waals surface area (Å²) in [4.78, 5) is 50.2. The van der Waals surface area contributed by atoms with Crippen LogP contribution in [0.15, 0.2) is 22.7 Å². The van der Waals surface area contributed by atoms with Crippen molar-refractivity contribution in [3.8, 4) is 22.4 Å². The second-order valence-corrected chi connectivity index (χ2v) is 12.7. The summed E-state index contributed by atoms with van der Waals surface area (Å²) in [6.45, 7) is 4.19. The Bertz CT molecular complexity index is 1510. The zero-order valence-electron chi connectivity index (χ0n) is 23.9. The van der Waals surface area contributed by atoms with Gasteiger partial charge in [0, 0.05) is 42.2 Å². The molecule has 1 N–H and O–H groups in total. The first-order chi connectivity index (χ1) is 20.2. The van der Waals surface area contributed by atoms with Gasteiger partial charge in [0.25, 0.3) is 0 Å². The number of carbonyl (C=O) groups excluding carboxylic acids is 2. The molecule has 0 bridgehead atoms. The fraction of sp³-hybridized carbons (Fsp3) is 0.516. The minimum Gasteiger partial charge on any atom is -0.481 e. The number of rotatable bonds is 10. The number of aromatic nitrogens is 2. The zero-order valence-corrected chi connectivity index (χ0v) is 24.7. The summed E-state index contributed by atoms with van der Waals surface area (Å²) in [5.41, 5.74) is 1.96. The highest BCUT2D eigenvalue weighted by molar-refractivity contribution is 7.14. The highest BCUT2D eigenvalue weighted by Gasteiger charge is 2.41. The summed E-state index contributed by atoms with van der Waals surface area (Å²) in [6, 6.07) is 3.53. The van der Waals surface area contributed by atoms with Crippen molar-refractivity contribution in [2.45, 2.75) is 84.1 Å². The number of thiazole rings is 1. The van der Waals surface area contributed by atoms with E-state index in [1.54, 1.807) is 35.9 Å². The number of hydrogen-bond donors (Lipinski definition) is 1. The van der Waals surface area contributed by atoms with Gasteiger partial charge in [0.1, 0.15) is 23.0 Å². The maximum Gasteiger partial charge on any atom is 0.304 e. The molecule has 0 radical (unpaired) electrons. The van der Waals surface area contributed by atoms with E-state index in [4.69, 9.17) is 4.42 Å². The molecular formula is C31H35FN4O5S. The van der Waals surface area contributed by atoms with Gasteiger partial charge < -0.3 is 9.52 Å². The fourth-order valence-electron chi connectivity index (χ4n) is 6.54. The van der Waals surface area contributed by atoms with Gasteiger partial charge in [-0.1, -0.05) is 37.0 Å². The lowest BCUT2D eigenvalue weighted by molar-refractivity contribution is -0.141. The third kappa shape index (κ3) is 5.58. The van der Waals surface area contributed by atoms with E-state index >= 15 is 4.39 Å². The molecule has 2 aliphatic carbocycles. The standard InChI is InChI=1S/C31H35FN4O5S/c1-17-26(20-9-12-23(33-16-20)35-13-5-8-24(35)37)27(18(2)41-17)28-29(32)42-31(34-28)36(22-10-11-22)30(40)21(15-25(38)39)14-19-6-3-4-7-19/h9,12,16,19,21-22H,3-8,10-11,13-15H2,1-2H3,(H,38,39)/t21-/m1/s1. The van der Waals surface area contributed by atoms with E-state index in [-0.39, 0.29) is 35.1 Å². The van der Waals surface area contributed by atoms with Crippen LogP contribution >= 0.6 is 11.3 Å². The van der Waals surface area contributed by atoms with Crippen molar-refractivity contribution in [2.24, 2.45) is 11.8 Å². The van der Waals surface area contributed by atoms with Crippen molar-refractivity contribution >= 4 is 40.1 Å². The van der Waals surface area contributed by atoms with Crippen LogP contribution in [0.3, 0.4) is 0 Å². The van der Waals surface area contributed by atoms with Crippen LogP contribution in [0.1, 0.15) is 75.7 Å². The highest BCUT2D eigenvalue weighted by Crippen LogP contribution is 2.45. The quantitative estimate of drug-likeness (QED) is 0.284. The molecule has 42 heavy (non-hydrogen) atoms. The van der Waals surface area contributed by atoms with Gasteiger partial charge in [0.2, 0.25) is 16.9 Å². The third-order valence-electron chi connectivity index (χ3n) is 8.68. The summed E-state index contributed by atoms with van der Waals surface area (Å²) in [5, 5.41) is 9.31. The number of anilines is 2. The second kappa shape index (κ2) is 11.6. The van der Waals surface area contributed by atoms with E-state index in [0.29, 0.717) is 59.3 Å². The first kappa shape index (κ1) is 28.5. The lowest BCUT2D eigenvalue weighted by atomic mass is 9.90. The largest absolute Gasteiger partial charge is 0.481 e. The van der Waals surface area contributed by atoms with Gasteiger partial charge in [-0.3, -0.25) is 24.2 Å². The first-order valence-electron chi connectivity index (χ1n) is 14.8. The van der Waals surface area contributed by atoms with Gasteiger partial charge in [-0.05, 0) is 57.6 Å². The first-order valence-corrected chi connectivity index (χ1v) is 15.6. The van der Waals surface area contributed by atoms with Crippen LogP contribution in [0.4, 0.5) is 15.3 Å². The van der Waals surface area contributed by atoms with Gasteiger partial charge in [0.05, 0.1) is 12.0 Å². The Balaban J connectivity index is 1.33. The Kier molecular flexibility index (Phi) is 7.87. The number of aryl methyl sites for hydroxylation is 2. The van der Waals surface area contributed by atoms with E-state index in [2.05, 4.69) is 9.97 Å².